The Morgan fingerprint density at radius 3 is 2.56 bits per heavy atom. The van der Waals surface area contributed by atoms with Gasteiger partial charge in [0.2, 0.25) is 0 Å². The maximum Gasteiger partial charge on any atom is 0.275 e. The number of benzene rings is 1. The molecule has 138 valence electrons. The summed E-state index contributed by atoms with van der Waals surface area (Å²) in [6, 6.07) is 11.6. The first-order valence-electron chi connectivity index (χ1n) is 9.02. The minimum absolute atomic E-state index is 0.266. The zero-order valence-electron chi connectivity index (χ0n) is 14.9. The molecule has 0 atom stereocenters. The molecule has 0 unspecified atom stereocenters. The van der Waals surface area contributed by atoms with E-state index in [0.29, 0.717) is 12.4 Å². The Morgan fingerprint density at radius 2 is 1.89 bits per heavy atom. The fourth-order valence-corrected chi connectivity index (χ4v) is 3.05. The van der Waals surface area contributed by atoms with E-state index in [-0.39, 0.29) is 11.6 Å². The minimum atomic E-state index is -0.283. The molecule has 2 N–H and O–H groups in total. The lowest BCUT2D eigenvalue weighted by Crippen LogP contribution is -2.18. The molecule has 0 bridgehead atoms. The van der Waals surface area contributed by atoms with E-state index in [1.54, 1.807) is 6.26 Å². The molecule has 0 radical (unpaired) electrons. The molecular weight excluding hydrogens is 342 g/mol. The Labute approximate surface area is 157 Å². The van der Waals surface area contributed by atoms with Crippen LogP contribution in [0.25, 0.3) is 0 Å². The van der Waals surface area contributed by atoms with Crippen molar-refractivity contribution in [2.75, 3.05) is 28.6 Å². The van der Waals surface area contributed by atoms with Crippen molar-refractivity contribution < 1.29 is 9.21 Å². The lowest BCUT2D eigenvalue weighted by Gasteiger charge is -2.17. The number of hydrogen-bond acceptors (Lipinski definition) is 6. The van der Waals surface area contributed by atoms with Gasteiger partial charge in [-0.1, -0.05) is 0 Å². The molecule has 1 aliphatic rings. The summed E-state index contributed by atoms with van der Waals surface area (Å²) in [5.74, 6) is 1.10. The fourth-order valence-electron chi connectivity index (χ4n) is 3.05. The van der Waals surface area contributed by atoms with E-state index in [4.69, 9.17) is 4.42 Å². The van der Waals surface area contributed by atoms with Crippen molar-refractivity contribution in [1.82, 2.24) is 9.97 Å². The Bertz CT molecular complexity index is 870. The van der Waals surface area contributed by atoms with Crippen LogP contribution >= 0.6 is 0 Å². The minimum Gasteiger partial charge on any atom is -0.467 e. The van der Waals surface area contributed by atoms with Gasteiger partial charge < -0.3 is 20.0 Å². The predicted octanol–water partition coefficient (Wildman–Crippen LogP) is 3.53. The largest absolute Gasteiger partial charge is 0.467 e. The second-order valence-electron chi connectivity index (χ2n) is 6.41. The van der Waals surface area contributed by atoms with E-state index in [1.807, 2.05) is 36.4 Å². The Kier molecular flexibility index (Phi) is 5.00. The summed E-state index contributed by atoms with van der Waals surface area (Å²) in [6.45, 7) is 2.71. The molecule has 1 fully saturated rings. The number of aromatic nitrogens is 2. The van der Waals surface area contributed by atoms with Gasteiger partial charge in [0.05, 0.1) is 25.2 Å². The van der Waals surface area contributed by atoms with Crippen LogP contribution in [0.15, 0.2) is 59.5 Å². The molecule has 3 heterocycles. The predicted molar refractivity (Wildman–Crippen MR) is 104 cm³/mol. The maximum atomic E-state index is 12.4. The summed E-state index contributed by atoms with van der Waals surface area (Å²) in [5.41, 5.74) is 2.20. The molecule has 3 aromatic rings. The number of rotatable bonds is 6. The molecule has 1 saturated heterocycles. The van der Waals surface area contributed by atoms with Gasteiger partial charge in [-0.15, -0.1) is 0 Å². The standard InChI is InChI=1S/C20H21N5O2/c26-20(24-15-5-7-16(8-6-15)25-9-1-2-10-25)18-13-23-19(14-21-18)22-12-17-4-3-11-27-17/h3-8,11,13-14H,1-2,9-10,12H2,(H,22,23)(H,24,26). The van der Waals surface area contributed by atoms with E-state index in [2.05, 4.69) is 25.5 Å². The Hall–Kier alpha value is -3.35. The lowest BCUT2D eigenvalue weighted by atomic mass is 10.2. The summed E-state index contributed by atoms with van der Waals surface area (Å²) < 4.78 is 5.25. The number of hydrogen-bond donors (Lipinski definition) is 2. The number of furan rings is 1. The number of carbonyl (C=O) groups is 1. The molecular formula is C20H21N5O2. The van der Waals surface area contributed by atoms with Gasteiger partial charge >= 0.3 is 0 Å². The van der Waals surface area contributed by atoms with Gasteiger partial charge in [-0.3, -0.25) is 4.79 Å². The molecule has 0 aliphatic carbocycles. The lowest BCUT2D eigenvalue weighted by molar-refractivity contribution is 0.102. The van der Waals surface area contributed by atoms with Crippen LogP contribution in [0.4, 0.5) is 17.2 Å². The van der Waals surface area contributed by atoms with Crippen molar-refractivity contribution in [3.63, 3.8) is 0 Å². The van der Waals surface area contributed by atoms with Gasteiger partial charge in [-0.25, -0.2) is 9.97 Å². The van der Waals surface area contributed by atoms with E-state index in [1.165, 1.54) is 30.9 Å². The van der Waals surface area contributed by atoms with E-state index < -0.39 is 0 Å². The van der Waals surface area contributed by atoms with Crippen LogP contribution in [0.2, 0.25) is 0 Å². The summed E-state index contributed by atoms with van der Waals surface area (Å²) in [5, 5.41) is 5.95. The third-order valence-electron chi connectivity index (χ3n) is 4.50. The quantitative estimate of drug-likeness (QED) is 0.697. The third kappa shape index (κ3) is 4.25. The summed E-state index contributed by atoms with van der Waals surface area (Å²) in [4.78, 5) is 23.1. The van der Waals surface area contributed by atoms with Crippen LogP contribution in [0.5, 0.6) is 0 Å². The number of anilines is 3. The topological polar surface area (TPSA) is 83.3 Å². The second kappa shape index (κ2) is 7.90. The normalized spacial score (nSPS) is 13.6. The van der Waals surface area contributed by atoms with Gasteiger partial charge in [-0.05, 0) is 49.2 Å². The van der Waals surface area contributed by atoms with Gasteiger partial charge in [0.25, 0.3) is 5.91 Å². The Morgan fingerprint density at radius 1 is 1.07 bits per heavy atom. The smallest absolute Gasteiger partial charge is 0.275 e. The number of nitrogens with one attached hydrogen (secondary N) is 2. The SMILES string of the molecule is O=C(Nc1ccc(N2CCCC2)cc1)c1cnc(NCc2ccco2)cn1. The first kappa shape index (κ1) is 17.1. The van der Waals surface area contributed by atoms with Crippen LogP contribution in [0.1, 0.15) is 29.1 Å². The van der Waals surface area contributed by atoms with Crippen molar-refractivity contribution in [3.05, 3.63) is 66.5 Å². The van der Waals surface area contributed by atoms with Crippen molar-refractivity contribution in [2.24, 2.45) is 0 Å². The van der Waals surface area contributed by atoms with E-state index >= 15 is 0 Å². The monoisotopic (exact) mass is 363 g/mol. The summed E-state index contributed by atoms with van der Waals surface area (Å²) >= 11 is 0. The summed E-state index contributed by atoms with van der Waals surface area (Å²) in [6.07, 6.45) is 7.09. The first-order chi connectivity index (χ1) is 13.3. The summed E-state index contributed by atoms with van der Waals surface area (Å²) in [7, 11) is 0. The first-order valence-corrected chi connectivity index (χ1v) is 9.02. The number of amides is 1. The van der Waals surface area contributed by atoms with Crippen molar-refractivity contribution in [3.8, 4) is 0 Å². The van der Waals surface area contributed by atoms with Gasteiger partial charge in [0.1, 0.15) is 17.3 Å². The molecule has 1 aliphatic heterocycles. The average Bonchev–Trinajstić information content (AvgIpc) is 3.41. The van der Waals surface area contributed by atoms with Crippen molar-refractivity contribution in [1.29, 1.82) is 0 Å². The van der Waals surface area contributed by atoms with Gasteiger partial charge in [-0.2, -0.15) is 0 Å². The van der Waals surface area contributed by atoms with Crippen molar-refractivity contribution in [2.45, 2.75) is 19.4 Å². The third-order valence-corrected chi connectivity index (χ3v) is 4.50. The molecule has 1 aromatic carbocycles. The fraction of sp³-hybridized carbons (Fsp3) is 0.250. The zero-order chi connectivity index (χ0) is 18.5. The maximum absolute atomic E-state index is 12.4. The van der Waals surface area contributed by atoms with Crippen LogP contribution in [-0.4, -0.2) is 29.0 Å². The zero-order valence-corrected chi connectivity index (χ0v) is 14.9. The van der Waals surface area contributed by atoms with Crippen LogP contribution in [0, 0.1) is 0 Å². The highest BCUT2D eigenvalue weighted by molar-refractivity contribution is 6.02. The van der Waals surface area contributed by atoms with E-state index in [9.17, 15) is 4.79 Å². The highest BCUT2D eigenvalue weighted by Crippen LogP contribution is 2.22. The highest BCUT2D eigenvalue weighted by atomic mass is 16.3. The molecule has 2 aromatic heterocycles. The van der Waals surface area contributed by atoms with Gasteiger partial charge in [0, 0.05) is 24.5 Å². The van der Waals surface area contributed by atoms with Crippen LogP contribution in [0.3, 0.4) is 0 Å². The molecule has 1 amide bonds. The molecule has 7 heteroatoms. The number of nitrogens with zero attached hydrogens (tertiary/aromatic N) is 3. The second-order valence-corrected chi connectivity index (χ2v) is 6.41. The van der Waals surface area contributed by atoms with Crippen LogP contribution in [-0.2, 0) is 6.54 Å². The molecule has 7 nitrogen and oxygen atoms in total. The molecule has 27 heavy (non-hydrogen) atoms. The molecule has 4 rings (SSSR count). The van der Waals surface area contributed by atoms with Crippen molar-refractivity contribution >= 4 is 23.1 Å². The average molecular weight is 363 g/mol. The molecule has 0 saturated carbocycles. The van der Waals surface area contributed by atoms with E-state index in [0.717, 1.165) is 24.5 Å². The van der Waals surface area contributed by atoms with Crippen LogP contribution < -0.4 is 15.5 Å². The highest BCUT2D eigenvalue weighted by Gasteiger charge is 2.13. The number of carbonyl (C=O) groups excluding carboxylic acids is 1. The molecule has 0 spiro atoms. The van der Waals surface area contributed by atoms with Gasteiger partial charge in [0.15, 0.2) is 0 Å². The Balaban J connectivity index is 1.33.